The van der Waals surface area contributed by atoms with E-state index in [1.54, 1.807) is 0 Å². The molecule has 0 aliphatic heterocycles. The van der Waals surface area contributed by atoms with Gasteiger partial charge in [-0.15, -0.1) is 0 Å². The van der Waals surface area contributed by atoms with E-state index in [9.17, 15) is 9.59 Å². The summed E-state index contributed by atoms with van der Waals surface area (Å²) in [6, 6.07) is 4.23. The zero-order valence-corrected chi connectivity index (χ0v) is 17.0. The van der Waals surface area contributed by atoms with Gasteiger partial charge in [-0.2, -0.15) is 0 Å². The summed E-state index contributed by atoms with van der Waals surface area (Å²) in [5.74, 6) is -0.330. The van der Waals surface area contributed by atoms with Crippen molar-refractivity contribution >= 4 is 17.6 Å². The Bertz CT molecular complexity index is 785. The number of amides is 1. The highest BCUT2D eigenvalue weighted by atomic mass is 16.5. The van der Waals surface area contributed by atoms with Crippen LogP contribution in [0.1, 0.15) is 74.6 Å². The summed E-state index contributed by atoms with van der Waals surface area (Å²) in [6.45, 7) is 8.19. The Labute approximate surface area is 162 Å². The van der Waals surface area contributed by atoms with E-state index in [0.717, 1.165) is 43.2 Å². The fourth-order valence-corrected chi connectivity index (χ4v) is 4.79. The summed E-state index contributed by atoms with van der Waals surface area (Å²) in [4.78, 5) is 25.5. The normalized spacial score (nSPS) is 18.2. The highest BCUT2D eigenvalue weighted by molar-refractivity contribution is 6.03. The van der Waals surface area contributed by atoms with E-state index in [4.69, 9.17) is 4.74 Å². The lowest BCUT2D eigenvalue weighted by atomic mass is 9.61. The predicted molar refractivity (Wildman–Crippen MR) is 107 cm³/mol. The number of hydrogen-bond donors (Lipinski definition) is 1. The average Bonchev–Trinajstić information content (AvgIpc) is 2.65. The SMILES string of the molecule is CCOC(=O)C1=C(NC(=O)CC)c2c(C)ccc(C)c2CC12CCCCC2. The maximum Gasteiger partial charge on any atom is 0.336 e. The first-order chi connectivity index (χ1) is 12.9. The van der Waals surface area contributed by atoms with Gasteiger partial charge in [-0.3, -0.25) is 4.79 Å². The molecule has 1 spiro atoms. The number of nitrogens with one attached hydrogen (secondary N) is 1. The second-order valence-corrected chi connectivity index (χ2v) is 7.94. The van der Waals surface area contributed by atoms with Gasteiger partial charge in [-0.1, -0.05) is 38.3 Å². The average molecular weight is 370 g/mol. The monoisotopic (exact) mass is 369 g/mol. The standard InChI is InChI=1S/C23H31NO3/c1-5-18(25)24-21-19-16(4)11-10-15(3)17(19)14-23(12-8-7-9-13-23)20(21)22(26)27-6-2/h10-11H,5-9,12-14H2,1-4H3,(H,24,25). The molecule has 2 aliphatic carbocycles. The van der Waals surface area contributed by atoms with Crippen LogP contribution >= 0.6 is 0 Å². The van der Waals surface area contributed by atoms with E-state index < -0.39 is 0 Å². The van der Waals surface area contributed by atoms with Crippen LogP contribution < -0.4 is 5.32 Å². The van der Waals surface area contributed by atoms with Gasteiger partial charge < -0.3 is 10.1 Å². The molecule has 2 aliphatic rings. The first-order valence-electron chi connectivity index (χ1n) is 10.2. The van der Waals surface area contributed by atoms with E-state index >= 15 is 0 Å². The van der Waals surface area contributed by atoms with E-state index in [0.29, 0.717) is 24.3 Å². The van der Waals surface area contributed by atoms with Gasteiger partial charge in [0.25, 0.3) is 0 Å². The van der Waals surface area contributed by atoms with Crippen molar-refractivity contribution in [2.75, 3.05) is 6.61 Å². The van der Waals surface area contributed by atoms with Gasteiger partial charge in [0, 0.05) is 17.4 Å². The minimum Gasteiger partial charge on any atom is -0.463 e. The van der Waals surface area contributed by atoms with Crippen molar-refractivity contribution in [3.8, 4) is 0 Å². The Kier molecular flexibility index (Phi) is 5.73. The van der Waals surface area contributed by atoms with Gasteiger partial charge in [0.2, 0.25) is 5.91 Å². The molecule has 1 aromatic rings. The molecule has 1 N–H and O–H groups in total. The molecule has 0 radical (unpaired) electrons. The van der Waals surface area contributed by atoms with E-state index in [-0.39, 0.29) is 17.3 Å². The van der Waals surface area contributed by atoms with Gasteiger partial charge in [0.15, 0.2) is 0 Å². The Morgan fingerprint density at radius 2 is 1.74 bits per heavy atom. The molecule has 4 nitrogen and oxygen atoms in total. The molecule has 4 heteroatoms. The van der Waals surface area contributed by atoms with Crippen molar-refractivity contribution in [3.63, 3.8) is 0 Å². The molecule has 0 aromatic heterocycles. The molecule has 0 bridgehead atoms. The number of aryl methyl sites for hydroxylation is 2. The fraction of sp³-hybridized carbons (Fsp3) is 0.565. The van der Waals surface area contributed by atoms with Crippen molar-refractivity contribution in [3.05, 3.63) is 40.0 Å². The van der Waals surface area contributed by atoms with Gasteiger partial charge in [0.1, 0.15) is 0 Å². The zero-order chi connectivity index (χ0) is 19.6. The molecule has 0 heterocycles. The molecule has 1 fully saturated rings. The molecule has 1 amide bonds. The van der Waals surface area contributed by atoms with Crippen LogP contribution in [0.4, 0.5) is 0 Å². The van der Waals surface area contributed by atoms with Crippen LogP contribution in [-0.4, -0.2) is 18.5 Å². The van der Waals surface area contributed by atoms with Crippen LogP contribution in [0.15, 0.2) is 17.7 Å². The third-order valence-corrected chi connectivity index (χ3v) is 6.18. The van der Waals surface area contributed by atoms with E-state index in [1.807, 2.05) is 13.8 Å². The number of carbonyl (C=O) groups excluding carboxylic acids is 2. The molecule has 0 saturated heterocycles. The van der Waals surface area contributed by atoms with Crippen LogP contribution in [0.25, 0.3) is 5.70 Å². The van der Waals surface area contributed by atoms with Crippen LogP contribution in [0.3, 0.4) is 0 Å². The summed E-state index contributed by atoms with van der Waals surface area (Å²) in [7, 11) is 0. The summed E-state index contributed by atoms with van der Waals surface area (Å²) in [5.41, 5.74) is 5.79. The first-order valence-corrected chi connectivity index (χ1v) is 10.2. The van der Waals surface area contributed by atoms with Crippen LogP contribution in [-0.2, 0) is 20.7 Å². The predicted octanol–water partition coefficient (Wildman–Crippen LogP) is 4.61. The lowest BCUT2D eigenvalue weighted by Crippen LogP contribution is -2.41. The minimum atomic E-state index is -0.266. The number of ether oxygens (including phenoxy) is 1. The van der Waals surface area contributed by atoms with Crippen LogP contribution in [0.2, 0.25) is 0 Å². The van der Waals surface area contributed by atoms with Gasteiger partial charge in [-0.25, -0.2) is 4.79 Å². The molecule has 27 heavy (non-hydrogen) atoms. The van der Waals surface area contributed by atoms with Crippen LogP contribution in [0, 0.1) is 19.3 Å². The number of esters is 1. The highest BCUT2D eigenvalue weighted by Gasteiger charge is 2.46. The fourth-order valence-electron chi connectivity index (χ4n) is 4.79. The Balaban J connectivity index is 2.29. The quantitative estimate of drug-likeness (QED) is 0.789. The Morgan fingerprint density at radius 3 is 2.37 bits per heavy atom. The second kappa shape index (κ2) is 7.87. The number of rotatable bonds is 4. The van der Waals surface area contributed by atoms with Gasteiger partial charge in [0.05, 0.1) is 17.9 Å². The van der Waals surface area contributed by atoms with Crippen molar-refractivity contribution in [2.24, 2.45) is 5.41 Å². The molecule has 146 valence electrons. The first kappa shape index (κ1) is 19.7. The lowest BCUT2D eigenvalue weighted by Gasteiger charge is -2.44. The molecule has 1 saturated carbocycles. The zero-order valence-electron chi connectivity index (χ0n) is 17.0. The van der Waals surface area contributed by atoms with E-state index in [2.05, 4.69) is 31.3 Å². The maximum atomic E-state index is 13.1. The maximum absolute atomic E-state index is 13.1. The molecule has 1 aromatic carbocycles. The highest BCUT2D eigenvalue weighted by Crippen LogP contribution is 2.52. The van der Waals surface area contributed by atoms with Crippen molar-refractivity contribution in [1.29, 1.82) is 0 Å². The molecular formula is C23H31NO3. The van der Waals surface area contributed by atoms with Crippen molar-refractivity contribution in [2.45, 2.75) is 72.6 Å². The molecule has 3 rings (SSSR count). The Hall–Kier alpha value is -2.10. The van der Waals surface area contributed by atoms with Crippen LogP contribution in [0.5, 0.6) is 0 Å². The number of fused-ring (bicyclic) bond motifs is 1. The summed E-state index contributed by atoms with van der Waals surface area (Å²) >= 11 is 0. The summed E-state index contributed by atoms with van der Waals surface area (Å²) < 4.78 is 5.49. The smallest absolute Gasteiger partial charge is 0.336 e. The number of benzene rings is 1. The lowest BCUT2D eigenvalue weighted by molar-refractivity contribution is -0.140. The van der Waals surface area contributed by atoms with Crippen molar-refractivity contribution < 1.29 is 14.3 Å². The van der Waals surface area contributed by atoms with Crippen molar-refractivity contribution in [1.82, 2.24) is 5.32 Å². The minimum absolute atomic E-state index is 0.0634. The number of carbonyl (C=O) groups is 2. The largest absolute Gasteiger partial charge is 0.463 e. The molecule has 0 unspecified atom stereocenters. The summed E-state index contributed by atoms with van der Waals surface area (Å²) in [5, 5.41) is 3.09. The summed E-state index contributed by atoms with van der Waals surface area (Å²) in [6.07, 6.45) is 6.60. The topological polar surface area (TPSA) is 55.4 Å². The molecule has 0 atom stereocenters. The van der Waals surface area contributed by atoms with Gasteiger partial charge >= 0.3 is 5.97 Å². The third kappa shape index (κ3) is 3.54. The molecular weight excluding hydrogens is 338 g/mol. The van der Waals surface area contributed by atoms with Gasteiger partial charge in [-0.05, 0) is 56.7 Å². The second-order valence-electron chi connectivity index (χ2n) is 7.94. The Morgan fingerprint density at radius 1 is 1.07 bits per heavy atom. The van der Waals surface area contributed by atoms with E-state index in [1.165, 1.54) is 17.5 Å². The third-order valence-electron chi connectivity index (χ3n) is 6.18. The number of hydrogen-bond acceptors (Lipinski definition) is 3.